The number of aromatic nitrogens is 2. The lowest BCUT2D eigenvalue weighted by Crippen LogP contribution is -2.03. The average molecular weight is 515 g/mol. The first-order valence-electron chi connectivity index (χ1n) is 15.1. The highest BCUT2D eigenvalue weighted by Crippen LogP contribution is 2.30. The lowest BCUT2D eigenvalue weighted by atomic mass is 9.99. The third-order valence-electron chi connectivity index (χ3n) is 7.80. The molecule has 0 N–H and O–H groups in total. The van der Waals surface area contributed by atoms with Crippen LogP contribution >= 0.6 is 0 Å². The van der Waals surface area contributed by atoms with Crippen molar-refractivity contribution in [1.29, 1.82) is 0 Å². The maximum Gasteiger partial charge on any atom is 0.201 e. The molecule has 0 aliphatic heterocycles. The first kappa shape index (κ1) is 29.5. The highest BCUT2D eigenvalue weighted by Gasteiger charge is 2.18. The second-order valence-corrected chi connectivity index (χ2v) is 10.9. The van der Waals surface area contributed by atoms with E-state index in [4.69, 9.17) is 4.74 Å². The van der Waals surface area contributed by atoms with Crippen LogP contribution in [0.1, 0.15) is 128 Å². The van der Waals surface area contributed by atoms with Crippen molar-refractivity contribution in [1.82, 2.24) is 9.97 Å². The SMILES string of the molecule is CCCCCCCCCCc1cnc(-c2ccc(OCCCCCCCC3CCCC3)c(F)c2F)nc1. The molecule has 1 saturated carbocycles. The van der Waals surface area contributed by atoms with Gasteiger partial charge in [-0.1, -0.05) is 110 Å². The summed E-state index contributed by atoms with van der Waals surface area (Å²) in [4.78, 5) is 8.61. The molecule has 1 aliphatic rings. The summed E-state index contributed by atoms with van der Waals surface area (Å²) in [5.74, 6) is -0.762. The highest BCUT2D eigenvalue weighted by atomic mass is 19.2. The van der Waals surface area contributed by atoms with E-state index < -0.39 is 11.6 Å². The van der Waals surface area contributed by atoms with Crippen molar-refractivity contribution in [2.24, 2.45) is 5.92 Å². The number of unbranched alkanes of at least 4 members (excludes halogenated alkanes) is 11. The van der Waals surface area contributed by atoms with Crippen LogP contribution in [0.4, 0.5) is 8.78 Å². The van der Waals surface area contributed by atoms with E-state index in [0.717, 1.165) is 37.2 Å². The smallest absolute Gasteiger partial charge is 0.201 e. The molecule has 3 nitrogen and oxygen atoms in total. The Hall–Kier alpha value is -2.04. The zero-order chi connectivity index (χ0) is 26.1. The normalized spacial score (nSPS) is 13.9. The Bertz CT molecular complexity index is 881. The Morgan fingerprint density at radius 2 is 1.38 bits per heavy atom. The second kappa shape index (κ2) is 17.5. The van der Waals surface area contributed by atoms with E-state index >= 15 is 0 Å². The molecule has 0 saturated heterocycles. The van der Waals surface area contributed by atoms with Crippen molar-refractivity contribution < 1.29 is 13.5 Å². The standard InChI is InChI=1S/C32H48F2N2O/c1-2-3-4-5-6-7-9-13-20-27-24-35-32(36-25-27)28-21-22-29(31(34)30(28)33)37-23-16-11-8-10-12-17-26-18-14-15-19-26/h21-22,24-26H,2-20,23H2,1H3. The maximum atomic E-state index is 14.8. The summed E-state index contributed by atoms with van der Waals surface area (Å²) in [5, 5.41) is 0. The average Bonchev–Trinajstić information content (AvgIpc) is 3.44. The van der Waals surface area contributed by atoms with Crippen LogP contribution in [-0.4, -0.2) is 16.6 Å². The molecule has 0 atom stereocenters. The minimum absolute atomic E-state index is 0.0335. The van der Waals surface area contributed by atoms with E-state index in [1.54, 1.807) is 12.4 Å². The minimum atomic E-state index is -0.958. The Kier molecular flexibility index (Phi) is 13.9. The lowest BCUT2D eigenvalue weighted by Gasteiger charge is -2.10. The van der Waals surface area contributed by atoms with Crippen molar-refractivity contribution >= 4 is 0 Å². The molecule has 2 aromatic rings. The summed E-state index contributed by atoms with van der Waals surface area (Å²) >= 11 is 0. The summed E-state index contributed by atoms with van der Waals surface area (Å²) in [7, 11) is 0. The zero-order valence-corrected chi connectivity index (χ0v) is 23.1. The van der Waals surface area contributed by atoms with E-state index in [9.17, 15) is 8.78 Å². The van der Waals surface area contributed by atoms with Crippen molar-refractivity contribution in [3.05, 3.63) is 41.7 Å². The molecule has 0 radical (unpaired) electrons. The lowest BCUT2D eigenvalue weighted by molar-refractivity contribution is 0.284. The van der Waals surface area contributed by atoms with Gasteiger partial charge in [0.05, 0.1) is 12.2 Å². The van der Waals surface area contributed by atoms with E-state index in [-0.39, 0.29) is 17.1 Å². The largest absolute Gasteiger partial charge is 0.490 e. The third kappa shape index (κ3) is 10.7. The van der Waals surface area contributed by atoms with Crippen LogP contribution in [0.2, 0.25) is 0 Å². The Morgan fingerprint density at radius 3 is 2.08 bits per heavy atom. The summed E-state index contributed by atoms with van der Waals surface area (Å²) in [6, 6.07) is 3.01. The molecule has 0 amide bonds. The Labute approximate surface area is 223 Å². The molecule has 1 aliphatic carbocycles. The molecule has 1 fully saturated rings. The fourth-order valence-electron chi connectivity index (χ4n) is 5.45. The Morgan fingerprint density at radius 1 is 0.757 bits per heavy atom. The Balaban J connectivity index is 1.33. The minimum Gasteiger partial charge on any atom is -0.490 e. The fourth-order valence-corrected chi connectivity index (χ4v) is 5.45. The van der Waals surface area contributed by atoms with E-state index in [1.165, 1.54) is 108 Å². The van der Waals surface area contributed by atoms with Gasteiger partial charge in [-0.2, -0.15) is 4.39 Å². The van der Waals surface area contributed by atoms with Gasteiger partial charge in [0.1, 0.15) is 0 Å². The van der Waals surface area contributed by atoms with Gasteiger partial charge in [0, 0.05) is 12.4 Å². The van der Waals surface area contributed by atoms with Crippen LogP contribution in [0.5, 0.6) is 5.75 Å². The molecule has 3 rings (SSSR count). The predicted octanol–water partition coefficient (Wildman–Crippen LogP) is 10.0. The van der Waals surface area contributed by atoms with Gasteiger partial charge in [-0.05, 0) is 42.9 Å². The summed E-state index contributed by atoms with van der Waals surface area (Å²) in [6.45, 7) is 2.64. The first-order valence-corrected chi connectivity index (χ1v) is 15.1. The molecular formula is C32H48F2N2O. The number of hydrogen-bond donors (Lipinski definition) is 0. The van der Waals surface area contributed by atoms with Gasteiger partial charge in [0.2, 0.25) is 5.82 Å². The van der Waals surface area contributed by atoms with Crippen molar-refractivity contribution in [3.63, 3.8) is 0 Å². The number of benzene rings is 1. The van der Waals surface area contributed by atoms with Crippen LogP contribution in [0.3, 0.4) is 0 Å². The zero-order valence-electron chi connectivity index (χ0n) is 23.1. The van der Waals surface area contributed by atoms with Gasteiger partial charge < -0.3 is 4.74 Å². The predicted molar refractivity (Wildman–Crippen MR) is 149 cm³/mol. The van der Waals surface area contributed by atoms with Crippen LogP contribution in [0.15, 0.2) is 24.5 Å². The molecule has 1 aromatic carbocycles. The van der Waals surface area contributed by atoms with Gasteiger partial charge in [0.25, 0.3) is 0 Å². The van der Waals surface area contributed by atoms with Gasteiger partial charge in [0.15, 0.2) is 17.4 Å². The van der Waals surface area contributed by atoms with Gasteiger partial charge in [-0.3, -0.25) is 0 Å². The molecule has 1 heterocycles. The van der Waals surface area contributed by atoms with Crippen LogP contribution in [0.25, 0.3) is 11.4 Å². The summed E-state index contributed by atoms with van der Waals surface area (Å²) in [5.41, 5.74) is 1.11. The molecule has 1 aromatic heterocycles. The molecule has 0 spiro atoms. The van der Waals surface area contributed by atoms with Gasteiger partial charge in [-0.15, -0.1) is 0 Å². The number of hydrogen-bond acceptors (Lipinski definition) is 3. The highest BCUT2D eigenvalue weighted by molar-refractivity contribution is 5.57. The van der Waals surface area contributed by atoms with Crippen LogP contribution in [0, 0.1) is 17.6 Å². The molecule has 5 heteroatoms. The molecule has 206 valence electrons. The molecular weight excluding hydrogens is 466 g/mol. The van der Waals surface area contributed by atoms with E-state index in [0.29, 0.717) is 6.61 Å². The number of halogens is 2. The number of aryl methyl sites for hydroxylation is 1. The van der Waals surface area contributed by atoms with Gasteiger partial charge >= 0.3 is 0 Å². The topological polar surface area (TPSA) is 35.0 Å². The maximum absolute atomic E-state index is 14.8. The number of nitrogens with zero attached hydrogens (tertiary/aromatic N) is 2. The quantitative estimate of drug-likeness (QED) is 0.175. The van der Waals surface area contributed by atoms with Crippen molar-refractivity contribution in [2.45, 2.75) is 129 Å². The monoisotopic (exact) mass is 514 g/mol. The first-order chi connectivity index (χ1) is 18.2. The van der Waals surface area contributed by atoms with Gasteiger partial charge in [-0.25, -0.2) is 14.4 Å². The van der Waals surface area contributed by atoms with E-state index in [2.05, 4.69) is 16.9 Å². The fraction of sp³-hybridized carbons (Fsp3) is 0.688. The summed E-state index contributed by atoms with van der Waals surface area (Å²) in [6.07, 6.45) is 27.3. The van der Waals surface area contributed by atoms with Crippen molar-refractivity contribution in [2.75, 3.05) is 6.61 Å². The molecule has 0 unspecified atom stereocenters. The second-order valence-electron chi connectivity index (χ2n) is 10.9. The molecule has 37 heavy (non-hydrogen) atoms. The summed E-state index contributed by atoms with van der Waals surface area (Å²) < 4.78 is 34.9. The number of rotatable bonds is 19. The number of ether oxygens (including phenoxy) is 1. The van der Waals surface area contributed by atoms with Crippen LogP contribution in [-0.2, 0) is 6.42 Å². The third-order valence-corrected chi connectivity index (χ3v) is 7.80. The van der Waals surface area contributed by atoms with E-state index in [1.807, 2.05) is 0 Å². The van der Waals surface area contributed by atoms with Crippen LogP contribution < -0.4 is 4.74 Å². The molecule has 0 bridgehead atoms. The van der Waals surface area contributed by atoms with Crippen molar-refractivity contribution in [3.8, 4) is 17.1 Å².